The third-order valence-electron chi connectivity index (χ3n) is 3.13. The van der Waals surface area contributed by atoms with Gasteiger partial charge < -0.3 is 9.47 Å². The number of unbranched alkanes of at least 4 members (excludes halogenated alkanes) is 5. The normalized spacial score (nSPS) is 10.2. The van der Waals surface area contributed by atoms with Crippen LogP contribution in [-0.2, 0) is 4.79 Å². The molecule has 0 aliphatic heterocycles. The number of esters is 1. The number of rotatable bonds is 10. The first-order valence-corrected chi connectivity index (χ1v) is 7.74. The van der Waals surface area contributed by atoms with Gasteiger partial charge in [0.05, 0.1) is 6.61 Å². The number of carbonyl (C=O) groups excluding carboxylic acids is 1. The maximum Gasteiger partial charge on any atom is 0.338 e. The standard InChI is InChI=1S/C18H26O3/c1-4-5-6-7-8-9-13-20-16-11-10-12-17(14-16)21-18(19)15(2)3/h10-12,14H,2,4-9,13H2,1,3H3. The van der Waals surface area contributed by atoms with Gasteiger partial charge in [0, 0.05) is 11.6 Å². The maximum absolute atomic E-state index is 11.4. The predicted octanol–water partition coefficient (Wildman–Crippen LogP) is 4.91. The van der Waals surface area contributed by atoms with Gasteiger partial charge in [-0.15, -0.1) is 0 Å². The first kappa shape index (κ1) is 17.3. The molecule has 0 N–H and O–H groups in total. The maximum atomic E-state index is 11.4. The van der Waals surface area contributed by atoms with Gasteiger partial charge in [-0.25, -0.2) is 4.79 Å². The second kappa shape index (κ2) is 10.0. The number of hydrogen-bond acceptors (Lipinski definition) is 3. The van der Waals surface area contributed by atoms with Crippen molar-refractivity contribution in [2.45, 2.75) is 52.4 Å². The van der Waals surface area contributed by atoms with E-state index in [0.717, 1.165) is 12.2 Å². The van der Waals surface area contributed by atoms with Gasteiger partial charge in [0.2, 0.25) is 0 Å². The van der Waals surface area contributed by atoms with Gasteiger partial charge in [-0.2, -0.15) is 0 Å². The van der Waals surface area contributed by atoms with Crippen LogP contribution in [-0.4, -0.2) is 12.6 Å². The minimum atomic E-state index is -0.414. The molecule has 0 aliphatic rings. The highest BCUT2D eigenvalue weighted by Crippen LogP contribution is 2.20. The van der Waals surface area contributed by atoms with Gasteiger partial charge in [0.25, 0.3) is 0 Å². The van der Waals surface area contributed by atoms with Gasteiger partial charge in [-0.05, 0) is 25.5 Å². The molecule has 1 aromatic carbocycles. The highest BCUT2D eigenvalue weighted by molar-refractivity contribution is 5.88. The molecule has 3 nitrogen and oxygen atoms in total. The van der Waals surface area contributed by atoms with Crippen LogP contribution in [0.2, 0.25) is 0 Å². The summed E-state index contributed by atoms with van der Waals surface area (Å²) in [7, 11) is 0. The highest BCUT2D eigenvalue weighted by atomic mass is 16.5. The molecular weight excluding hydrogens is 264 g/mol. The molecule has 21 heavy (non-hydrogen) atoms. The van der Waals surface area contributed by atoms with Crippen molar-refractivity contribution in [2.24, 2.45) is 0 Å². The quantitative estimate of drug-likeness (QED) is 0.266. The van der Waals surface area contributed by atoms with E-state index in [-0.39, 0.29) is 0 Å². The molecule has 1 aromatic rings. The predicted molar refractivity (Wildman–Crippen MR) is 85.8 cm³/mol. The number of ether oxygens (including phenoxy) is 2. The number of carbonyl (C=O) groups is 1. The van der Waals surface area contributed by atoms with Crippen LogP contribution in [0.1, 0.15) is 52.4 Å². The van der Waals surface area contributed by atoms with E-state index < -0.39 is 5.97 Å². The zero-order valence-corrected chi connectivity index (χ0v) is 13.2. The fourth-order valence-corrected chi connectivity index (χ4v) is 1.89. The second-order valence-electron chi connectivity index (χ2n) is 5.26. The van der Waals surface area contributed by atoms with Gasteiger partial charge in [0.1, 0.15) is 11.5 Å². The van der Waals surface area contributed by atoms with E-state index in [1.807, 2.05) is 12.1 Å². The number of benzene rings is 1. The third-order valence-corrected chi connectivity index (χ3v) is 3.13. The molecule has 1 rings (SSSR count). The van der Waals surface area contributed by atoms with Gasteiger partial charge in [0.15, 0.2) is 0 Å². The van der Waals surface area contributed by atoms with Crippen LogP contribution in [0.3, 0.4) is 0 Å². The van der Waals surface area contributed by atoms with E-state index in [0.29, 0.717) is 17.9 Å². The molecule has 116 valence electrons. The summed E-state index contributed by atoms with van der Waals surface area (Å²) < 4.78 is 10.9. The Bertz CT molecular complexity index is 452. The SMILES string of the molecule is C=C(C)C(=O)Oc1cccc(OCCCCCCCC)c1. The van der Waals surface area contributed by atoms with E-state index in [1.165, 1.54) is 32.1 Å². The Morgan fingerprint density at radius 3 is 2.48 bits per heavy atom. The number of hydrogen-bond donors (Lipinski definition) is 0. The van der Waals surface area contributed by atoms with Crippen molar-refractivity contribution < 1.29 is 14.3 Å². The zero-order valence-electron chi connectivity index (χ0n) is 13.2. The average Bonchev–Trinajstić information content (AvgIpc) is 2.46. The fourth-order valence-electron chi connectivity index (χ4n) is 1.89. The molecule has 3 heteroatoms. The van der Waals surface area contributed by atoms with Crippen LogP contribution in [0.15, 0.2) is 36.4 Å². The second-order valence-corrected chi connectivity index (χ2v) is 5.26. The summed E-state index contributed by atoms with van der Waals surface area (Å²) in [4.78, 5) is 11.4. The summed E-state index contributed by atoms with van der Waals surface area (Å²) >= 11 is 0. The van der Waals surface area contributed by atoms with E-state index in [4.69, 9.17) is 9.47 Å². The zero-order chi connectivity index (χ0) is 15.5. The van der Waals surface area contributed by atoms with E-state index >= 15 is 0 Å². The van der Waals surface area contributed by atoms with Crippen molar-refractivity contribution in [2.75, 3.05) is 6.61 Å². The van der Waals surface area contributed by atoms with Crippen LogP contribution in [0.25, 0.3) is 0 Å². The lowest BCUT2D eigenvalue weighted by atomic mass is 10.1. The van der Waals surface area contributed by atoms with Crippen LogP contribution in [0, 0.1) is 0 Å². The molecule has 0 bridgehead atoms. The molecule has 0 amide bonds. The van der Waals surface area contributed by atoms with Crippen molar-refractivity contribution in [3.63, 3.8) is 0 Å². The van der Waals surface area contributed by atoms with Crippen molar-refractivity contribution in [1.29, 1.82) is 0 Å². The molecule has 0 saturated carbocycles. The Balaban J connectivity index is 2.29. The summed E-state index contributed by atoms with van der Waals surface area (Å²) in [6.07, 6.45) is 7.42. The minimum absolute atomic E-state index is 0.383. The highest BCUT2D eigenvalue weighted by Gasteiger charge is 2.06. The Morgan fingerprint density at radius 2 is 1.76 bits per heavy atom. The summed E-state index contributed by atoms with van der Waals surface area (Å²) in [5, 5.41) is 0. The molecule has 0 spiro atoms. The smallest absolute Gasteiger partial charge is 0.338 e. The Kier molecular flexibility index (Phi) is 8.25. The molecular formula is C18H26O3. The monoisotopic (exact) mass is 290 g/mol. The van der Waals surface area contributed by atoms with Crippen LogP contribution >= 0.6 is 0 Å². The van der Waals surface area contributed by atoms with Crippen molar-refractivity contribution in [1.82, 2.24) is 0 Å². The van der Waals surface area contributed by atoms with Gasteiger partial charge in [-0.3, -0.25) is 0 Å². The van der Waals surface area contributed by atoms with Crippen LogP contribution in [0.5, 0.6) is 11.5 Å². The summed E-state index contributed by atoms with van der Waals surface area (Å²) in [5.41, 5.74) is 0.383. The topological polar surface area (TPSA) is 35.5 Å². The Labute approximate surface area is 128 Å². The Morgan fingerprint density at radius 1 is 1.10 bits per heavy atom. The summed E-state index contributed by atoms with van der Waals surface area (Å²) in [5.74, 6) is 0.807. The first-order valence-electron chi connectivity index (χ1n) is 7.74. The van der Waals surface area contributed by atoms with Gasteiger partial charge in [-0.1, -0.05) is 51.7 Å². The van der Waals surface area contributed by atoms with Crippen molar-refractivity contribution >= 4 is 5.97 Å². The minimum Gasteiger partial charge on any atom is -0.493 e. The van der Waals surface area contributed by atoms with Crippen LogP contribution in [0.4, 0.5) is 0 Å². The molecule has 0 heterocycles. The largest absolute Gasteiger partial charge is 0.493 e. The molecule has 0 fully saturated rings. The van der Waals surface area contributed by atoms with Crippen LogP contribution < -0.4 is 9.47 Å². The lowest BCUT2D eigenvalue weighted by molar-refractivity contribution is -0.130. The Hall–Kier alpha value is -1.77. The van der Waals surface area contributed by atoms with E-state index in [2.05, 4.69) is 13.5 Å². The molecule has 0 unspecified atom stereocenters. The van der Waals surface area contributed by atoms with Gasteiger partial charge >= 0.3 is 5.97 Å². The summed E-state index contributed by atoms with van der Waals surface area (Å²) in [6, 6.07) is 7.16. The van der Waals surface area contributed by atoms with E-state index in [9.17, 15) is 4.79 Å². The third kappa shape index (κ3) is 7.54. The molecule has 0 aliphatic carbocycles. The molecule has 0 saturated heterocycles. The molecule has 0 aromatic heterocycles. The van der Waals surface area contributed by atoms with Crippen molar-refractivity contribution in [3.8, 4) is 11.5 Å². The first-order chi connectivity index (χ1) is 10.1. The molecule has 0 radical (unpaired) electrons. The lowest BCUT2D eigenvalue weighted by Crippen LogP contribution is -2.08. The lowest BCUT2D eigenvalue weighted by Gasteiger charge is -2.08. The molecule has 0 atom stereocenters. The average molecular weight is 290 g/mol. The summed E-state index contributed by atoms with van der Waals surface area (Å²) in [6.45, 7) is 8.10. The van der Waals surface area contributed by atoms with E-state index in [1.54, 1.807) is 19.1 Å². The fraction of sp³-hybridized carbons (Fsp3) is 0.500. The van der Waals surface area contributed by atoms with Crippen molar-refractivity contribution in [3.05, 3.63) is 36.4 Å².